The Morgan fingerprint density at radius 3 is 3.09 bits per heavy atom. The molecule has 7 nitrogen and oxygen atoms in total. The molecule has 0 saturated carbocycles. The summed E-state index contributed by atoms with van der Waals surface area (Å²) in [7, 11) is 0. The lowest BCUT2D eigenvalue weighted by Crippen LogP contribution is -2.44. The summed E-state index contributed by atoms with van der Waals surface area (Å²) >= 11 is 2.34. The van der Waals surface area contributed by atoms with Gasteiger partial charge < -0.3 is 9.64 Å². The van der Waals surface area contributed by atoms with Gasteiger partial charge in [-0.25, -0.2) is 4.98 Å². The summed E-state index contributed by atoms with van der Waals surface area (Å²) in [6, 6.07) is 4.31. The monoisotopic (exact) mass is 410 g/mol. The minimum atomic E-state index is 0.316. The zero-order valence-corrected chi connectivity index (χ0v) is 14.2. The molecular weight excluding hydrogens is 395 g/mol. The number of morpholine rings is 1. The van der Waals surface area contributed by atoms with Crippen molar-refractivity contribution in [2.75, 3.05) is 24.7 Å². The van der Waals surface area contributed by atoms with Crippen LogP contribution in [-0.2, 0) is 4.74 Å². The highest BCUT2D eigenvalue weighted by atomic mass is 127. The first-order valence-electron chi connectivity index (χ1n) is 7.13. The van der Waals surface area contributed by atoms with E-state index in [0.717, 1.165) is 46.0 Å². The second-order valence-electron chi connectivity index (χ2n) is 5.31. The summed E-state index contributed by atoms with van der Waals surface area (Å²) in [5, 5.41) is 12.5. The van der Waals surface area contributed by atoms with Gasteiger partial charge in [0.25, 0.3) is 0 Å². The third kappa shape index (κ3) is 2.26. The number of aromatic nitrogens is 5. The maximum atomic E-state index is 5.52. The molecule has 0 spiro atoms. The van der Waals surface area contributed by atoms with Crippen molar-refractivity contribution < 1.29 is 4.74 Å². The van der Waals surface area contributed by atoms with Gasteiger partial charge in [0.15, 0.2) is 11.5 Å². The molecule has 22 heavy (non-hydrogen) atoms. The van der Waals surface area contributed by atoms with Crippen LogP contribution in [0.1, 0.15) is 6.92 Å². The molecule has 1 aliphatic rings. The molecule has 1 aliphatic heterocycles. The predicted octanol–water partition coefficient (Wildman–Crippen LogP) is 1.97. The van der Waals surface area contributed by atoms with Crippen molar-refractivity contribution >= 4 is 39.4 Å². The van der Waals surface area contributed by atoms with Crippen LogP contribution in [0.5, 0.6) is 0 Å². The molecule has 3 aromatic rings. The van der Waals surface area contributed by atoms with Gasteiger partial charge >= 0.3 is 0 Å². The van der Waals surface area contributed by atoms with E-state index < -0.39 is 0 Å². The number of anilines is 1. The van der Waals surface area contributed by atoms with E-state index in [0.29, 0.717) is 6.04 Å². The number of ether oxygens (including phenoxy) is 1. The summed E-state index contributed by atoms with van der Waals surface area (Å²) in [5.41, 5.74) is 0.827. The summed E-state index contributed by atoms with van der Waals surface area (Å²) in [5.74, 6) is 1.70. The van der Waals surface area contributed by atoms with Crippen molar-refractivity contribution in [1.82, 2.24) is 25.0 Å². The molecule has 1 saturated heterocycles. The molecule has 3 aromatic heterocycles. The van der Waals surface area contributed by atoms with Gasteiger partial charge in [-0.05, 0) is 35.6 Å². The molecule has 114 valence electrons. The van der Waals surface area contributed by atoms with Crippen molar-refractivity contribution in [1.29, 1.82) is 0 Å². The van der Waals surface area contributed by atoms with E-state index in [1.54, 1.807) is 10.9 Å². The average molecular weight is 410 g/mol. The third-order valence-corrected chi connectivity index (χ3v) is 4.73. The Bertz CT molecular complexity index is 799. The Morgan fingerprint density at radius 1 is 1.41 bits per heavy atom. The molecule has 0 bridgehead atoms. The second kappa shape index (κ2) is 5.51. The number of halogens is 1. The fourth-order valence-corrected chi connectivity index (χ4v) is 3.36. The lowest BCUT2D eigenvalue weighted by molar-refractivity contribution is 0.0985. The van der Waals surface area contributed by atoms with Crippen LogP contribution >= 0.6 is 22.6 Å². The number of fused-ring (bicyclic) bond motifs is 1. The van der Waals surface area contributed by atoms with Crippen molar-refractivity contribution in [3.8, 4) is 5.82 Å². The quantitative estimate of drug-likeness (QED) is 0.655. The van der Waals surface area contributed by atoms with E-state index in [2.05, 4.69) is 55.8 Å². The number of H-pyrrole nitrogens is 1. The Balaban J connectivity index is 1.85. The fraction of sp³-hybridized carbons (Fsp3) is 0.357. The number of nitrogens with one attached hydrogen (secondary N) is 1. The van der Waals surface area contributed by atoms with Crippen LogP contribution in [0, 0.1) is 3.57 Å². The fourth-order valence-electron chi connectivity index (χ4n) is 2.70. The molecule has 0 aromatic carbocycles. The van der Waals surface area contributed by atoms with Crippen molar-refractivity contribution in [2.45, 2.75) is 13.0 Å². The standard InChI is InChI=1S/C14H15IN6O/c1-9-8-22-5-4-20(9)13-6-11(15)10-7-17-21(14(10)18-13)12-2-3-16-19-12/h2-3,6-7,9H,4-5,8H2,1H3,(H,16,19). The predicted molar refractivity (Wildman–Crippen MR) is 91.4 cm³/mol. The minimum Gasteiger partial charge on any atom is -0.377 e. The number of nitrogens with zero attached hydrogens (tertiary/aromatic N) is 5. The number of hydrogen-bond acceptors (Lipinski definition) is 5. The zero-order chi connectivity index (χ0) is 15.1. The molecule has 4 rings (SSSR count). The highest BCUT2D eigenvalue weighted by molar-refractivity contribution is 14.1. The Morgan fingerprint density at radius 2 is 2.32 bits per heavy atom. The highest BCUT2D eigenvalue weighted by Crippen LogP contribution is 2.27. The molecule has 0 aliphatic carbocycles. The third-order valence-electron chi connectivity index (χ3n) is 3.84. The van der Waals surface area contributed by atoms with Crippen LogP contribution in [0.4, 0.5) is 5.82 Å². The van der Waals surface area contributed by atoms with Crippen LogP contribution in [0.15, 0.2) is 24.5 Å². The minimum absolute atomic E-state index is 0.316. The molecule has 0 radical (unpaired) electrons. The molecule has 0 amide bonds. The van der Waals surface area contributed by atoms with Gasteiger partial charge in [0, 0.05) is 22.4 Å². The Kier molecular flexibility index (Phi) is 3.49. The van der Waals surface area contributed by atoms with E-state index in [1.807, 2.05) is 12.3 Å². The number of aromatic amines is 1. The van der Waals surface area contributed by atoms with Crippen LogP contribution < -0.4 is 4.90 Å². The largest absolute Gasteiger partial charge is 0.377 e. The van der Waals surface area contributed by atoms with Gasteiger partial charge in [0.1, 0.15) is 5.82 Å². The van der Waals surface area contributed by atoms with E-state index in [4.69, 9.17) is 9.72 Å². The molecule has 4 heterocycles. The van der Waals surface area contributed by atoms with Crippen LogP contribution in [-0.4, -0.2) is 50.8 Å². The van der Waals surface area contributed by atoms with Gasteiger partial charge in [-0.3, -0.25) is 5.10 Å². The first-order valence-corrected chi connectivity index (χ1v) is 8.21. The lowest BCUT2D eigenvalue weighted by Gasteiger charge is -2.34. The molecular formula is C14H15IN6O. The normalized spacial score (nSPS) is 19.0. The topological polar surface area (TPSA) is 71.9 Å². The maximum absolute atomic E-state index is 5.52. The van der Waals surface area contributed by atoms with Crippen molar-refractivity contribution in [2.24, 2.45) is 0 Å². The van der Waals surface area contributed by atoms with Gasteiger partial charge in [0.05, 0.1) is 30.8 Å². The molecule has 1 unspecified atom stereocenters. The number of hydrogen-bond donors (Lipinski definition) is 1. The summed E-state index contributed by atoms with van der Waals surface area (Å²) < 4.78 is 8.42. The maximum Gasteiger partial charge on any atom is 0.177 e. The van der Waals surface area contributed by atoms with Crippen LogP contribution in [0.2, 0.25) is 0 Å². The summed E-state index contributed by atoms with van der Waals surface area (Å²) in [6.45, 7) is 4.48. The van der Waals surface area contributed by atoms with Gasteiger partial charge in [-0.15, -0.1) is 0 Å². The summed E-state index contributed by atoms with van der Waals surface area (Å²) in [4.78, 5) is 7.12. The van der Waals surface area contributed by atoms with Gasteiger partial charge in [-0.2, -0.15) is 14.9 Å². The number of rotatable bonds is 2. The number of pyridine rings is 1. The van der Waals surface area contributed by atoms with Crippen LogP contribution in [0.3, 0.4) is 0 Å². The lowest BCUT2D eigenvalue weighted by atomic mass is 10.2. The first-order chi connectivity index (χ1) is 10.7. The van der Waals surface area contributed by atoms with E-state index in [9.17, 15) is 0 Å². The van der Waals surface area contributed by atoms with Crippen LogP contribution in [0.25, 0.3) is 16.9 Å². The smallest absolute Gasteiger partial charge is 0.177 e. The van der Waals surface area contributed by atoms with Crippen molar-refractivity contribution in [3.63, 3.8) is 0 Å². The van der Waals surface area contributed by atoms with Crippen molar-refractivity contribution in [3.05, 3.63) is 28.1 Å². The van der Waals surface area contributed by atoms with E-state index in [-0.39, 0.29) is 0 Å². The summed E-state index contributed by atoms with van der Waals surface area (Å²) in [6.07, 6.45) is 3.62. The first kappa shape index (κ1) is 13.9. The molecule has 1 N–H and O–H groups in total. The van der Waals surface area contributed by atoms with Gasteiger partial charge in [-0.1, -0.05) is 0 Å². The average Bonchev–Trinajstić information content (AvgIpc) is 3.16. The molecule has 1 atom stereocenters. The molecule has 8 heteroatoms. The van der Waals surface area contributed by atoms with E-state index >= 15 is 0 Å². The highest BCUT2D eigenvalue weighted by Gasteiger charge is 2.22. The molecule has 1 fully saturated rings. The SMILES string of the molecule is CC1COCCN1c1cc(I)c2cnn(-c3cc[nH]n3)c2n1. The zero-order valence-electron chi connectivity index (χ0n) is 12.0. The second-order valence-corrected chi connectivity index (χ2v) is 6.47. The van der Waals surface area contributed by atoms with E-state index in [1.165, 1.54) is 0 Å². The Labute approximate surface area is 140 Å². The van der Waals surface area contributed by atoms with Gasteiger partial charge in [0.2, 0.25) is 0 Å². The Hall–Kier alpha value is -1.68.